The third-order valence-electron chi connectivity index (χ3n) is 2.24. The zero-order chi connectivity index (χ0) is 11.6. The number of benzene rings is 1. The Balaban J connectivity index is 2.27. The summed E-state index contributed by atoms with van der Waals surface area (Å²) in [5.41, 5.74) is 1.10. The lowest BCUT2D eigenvalue weighted by molar-refractivity contribution is 0.286. The molecule has 1 rings (SSSR count). The summed E-state index contributed by atoms with van der Waals surface area (Å²) in [5, 5.41) is 11.9. The predicted molar refractivity (Wildman–Crippen MR) is 67.0 cm³/mol. The highest BCUT2D eigenvalue weighted by atomic mass is 16.5. The van der Waals surface area contributed by atoms with E-state index in [2.05, 4.69) is 12.2 Å². The minimum absolute atomic E-state index is 0.269. The van der Waals surface area contributed by atoms with Crippen molar-refractivity contribution in [2.24, 2.45) is 0 Å². The van der Waals surface area contributed by atoms with E-state index in [0.717, 1.165) is 43.9 Å². The van der Waals surface area contributed by atoms with Gasteiger partial charge in [-0.25, -0.2) is 0 Å². The second-order valence-electron chi connectivity index (χ2n) is 3.73. The maximum absolute atomic E-state index is 8.64. The fourth-order valence-corrected chi connectivity index (χ4v) is 1.36. The molecule has 0 amide bonds. The molecule has 0 heterocycles. The Kier molecular flexibility index (Phi) is 6.42. The van der Waals surface area contributed by atoms with Crippen LogP contribution in [0.3, 0.4) is 0 Å². The van der Waals surface area contributed by atoms with E-state index in [9.17, 15) is 0 Å². The fraction of sp³-hybridized carbons (Fsp3) is 0.538. The van der Waals surface area contributed by atoms with Crippen LogP contribution in [0.25, 0.3) is 0 Å². The van der Waals surface area contributed by atoms with Crippen molar-refractivity contribution in [3.63, 3.8) is 0 Å². The number of nitrogens with one attached hydrogen (secondary N) is 1. The van der Waals surface area contributed by atoms with Crippen molar-refractivity contribution in [1.82, 2.24) is 0 Å². The zero-order valence-electron chi connectivity index (χ0n) is 9.91. The smallest absolute Gasteiger partial charge is 0.119 e. The van der Waals surface area contributed by atoms with Crippen molar-refractivity contribution >= 4 is 5.69 Å². The Labute approximate surface area is 97.4 Å². The third kappa shape index (κ3) is 5.03. The Hall–Kier alpha value is -1.22. The van der Waals surface area contributed by atoms with Crippen LogP contribution in [-0.2, 0) is 0 Å². The molecule has 2 N–H and O–H groups in total. The highest BCUT2D eigenvalue weighted by molar-refractivity contribution is 5.46. The van der Waals surface area contributed by atoms with Crippen LogP contribution in [0.1, 0.15) is 26.2 Å². The molecular weight excluding hydrogens is 202 g/mol. The van der Waals surface area contributed by atoms with Crippen LogP contribution in [0.2, 0.25) is 0 Å². The van der Waals surface area contributed by atoms with Gasteiger partial charge in [-0.05, 0) is 43.5 Å². The van der Waals surface area contributed by atoms with Crippen LogP contribution in [0, 0.1) is 0 Å². The first-order chi connectivity index (χ1) is 7.86. The molecule has 0 aliphatic rings. The first-order valence-corrected chi connectivity index (χ1v) is 5.94. The van der Waals surface area contributed by atoms with Gasteiger partial charge < -0.3 is 15.2 Å². The molecule has 0 saturated carbocycles. The molecule has 16 heavy (non-hydrogen) atoms. The standard InChI is InChI=1S/C13H21NO2/c1-2-11-16-13-7-5-12(6-8-13)14-9-3-4-10-15/h5-8,14-15H,2-4,9-11H2,1H3. The summed E-state index contributed by atoms with van der Waals surface area (Å²) < 4.78 is 5.49. The van der Waals surface area contributed by atoms with Crippen LogP contribution in [0.4, 0.5) is 5.69 Å². The second kappa shape index (κ2) is 7.99. The summed E-state index contributed by atoms with van der Waals surface area (Å²) in [7, 11) is 0. The molecule has 0 aliphatic carbocycles. The predicted octanol–water partition coefficient (Wildman–Crippen LogP) is 2.66. The maximum atomic E-state index is 8.64. The maximum Gasteiger partial charge on any atom is 0.119 e. The van der Waals surface area contributed by atoms with E-state index < -0.39 is 0 Å². The Morgan fingerprint density at radius 2 is 1.94 bits per heavy atom. The van der Waals surface area contributed by atoms with Crippen LogP contribution < -0.4 is 10.1 Å². The number of aliphatic hydroxyl groups excluding tert-OH is 1. The number of unbranched alkanes of at least 4 members (excludes halogenated alkanes) is 1. The minimum Gasteiger partial charge on any atom is -0.494 e. The first-order valence-electron chi connectivity index (χ1n) is 5.94. The van der Waals surface area contributed by atoms with Crippen LogP contribution in [-0.4, -0.2) is 24.9 Å². The molecule has 3 heteroatoms. The van der Waals surface area contributed by atoms with Gasteiger partial charge in [-0.15, -0.1) is 0 Å². The van der Waals surface area contributed by atoms with Crippen LogP contribution in [0.5, 0.6) is 5.75 Å². The molecule has 0 bridgehead atoms. The van der Waals surface area contributed by atoms with Crippen molar-refractivity contribution in [3.05, 3.63) is 24.3 Å². The lowest BCUT2D eigenvalue weighted by atomic mass is 10.2. The Morgan fingerprint density at radius 1 is 1.19 bits per heavy atom. The third-order valence-corrected chi connectivity index (χ3v) is 2.24. The SMILES string of the molecule is CCCOc1ccc(NCCCCO)cc1. The number of aliphatic hydroxyl groups is 1. The highest BCUT2D eigenvalue weighted by Gasteiger charge is 1.94. The van der Waals surface area contributed by atoms with Crippen molar-refractivity contribution in [1.29, 1.82) is 0 Å². The van der Waals surface area contributed by atoms with E-state index in [1.54, 1.807) is 0 Å². The topological polar surface area (TPSA) is 41.5 Å². The molecule has 3 nitrogen and oxygen atoms in total. The molecule has 0 unspecified atom stereocenters. The second-order valence-corrected chi connectivity index (χ2v) is 3.73. The van der Waals surface area contributed by atoms with Gasteiger partial charge in [0.1, 0.15) is 5.75 Å². The first kappa shape index (κ1) is 12.8. The normalized spacial score (nSPS) is 10.1. The summed E-state index contributed by atoms with van der Waals surface area (Å²) in [6.07, 6.45) is 2.87. The van der Waals surface area contributed by atoms with Crippen LogP contribution in [0.15, 0.2) is 24.3 Å². The molecule has 0 radical (unpaired) electrons. The number of hydrogen-bond acceptors (Lipinski definition) is 3. The van der Waals surface area contributed by atoms with E-state index in [1.807, 2.05) is 24.3 Å². The lowest BCUT2D eigenvalue weighted by Gasteiger charge is -2.08. The van der Waals surface area contributed by atoms with Gasteiger partial charge in [0.25, 0.3) is 0 Å². The Morgan fingerprint density at radius 3 is 2.56 bits per heavy atom. The van der Waals surface area contributed by atoms with Gasteiger partial charge in [-0.2, -0.15) is 0 Å². The quantitative estimate of drug-likeness (QED) is 0.666. The van der Waals surface area contributed by atoms with E-state index >= 15 is 0 Å². The average Bonchev–Trinajstić information content (AvgIpc) is 2.33. The van der Waals surface area contributed by atoms with Gasteiger partial charge in [0, 0.05) is 18.8 Å². The van der Waals surface area contributed by atoms with Gasteiger partial charge in [0.15, 0.2) is 0 Å². The van der Waals surface area contributed by atoms with Gasteiger partial charge in [-0.3, -0.25) is 0 Å². The van der Waals surface area contributed by atoms with Crippen molar-refractivity contribution in [3.8, 4) is 5.75 Å². The molecule has 0 fully saturated rings. The van der Waals surface area contributed by atoms with E-state index in [4.69, 9.17) is 9.84 Å². The zero-order valence-corrected chi connectivity index (χ0v) is 9.91. The average molecular weight is 223 g/mol. The molecule has 1 aromatic rings. The van der Waals surface area contributed by atoms with E-state index in [0.29, 0.717) is 0 Å². The largest absolute Gasteiger partial charge is 0.494 e. The van der Waals surface area contributed by atoms with Gasteiger partial charge in [0.2, 0.25) is 0 Å². The summed E-state index contributed by atoms with van der Waals surface area (Å²) in [6, 6.07) is 7.99. The molecular formula is C13H21NO2. The van der Waals surface area contributed by atoms with E-state index in [-0.39, 0.29) is 6.61 Å². The highest BCUT2D eigenvalue weighted by Crippen LogP contribution is 2.15. The molecule has 0 aliphatic heterocycles. The number of rotatable bonds is 8. The number of ether oxygens (including phenoxy) is 1. The molecule has 0 atom stereocenters. The minimum atomic E-state index is 0.269. The number of anilines is 1. The lowest BCUT2D eigenvalue weighted by Crippen LogP contribution is -2.02. The summed E-state index contributed by atoms with van der Waals surface area (Å²) in [5.74, 6) is 0.919. The monoisotopic (exact) mass is 223 g/mol. The van der Waals surface area contributed by atoms with Gasteiger partial charge >= 0.3 is 0 Å². The van der Waals surface area contributed by atoms with Crippen molar-refractivity contribution < 1.29 is 9.84 Å². The molecule has 0 aromatic heterocycles. The van der Waals surface area contributed by atoms with Gasteiger partial charge in [0.05, 0.1) is 6.61 Å². The Bertz CT molecular complexity index is 272. The van der Waals surface area contributed by atoms with Crippen molar-refractivity contribution in [2.75, 3.05) is 25.1 Å². The number of hydrogen-bond donors (Lipinski definition) is 2. The molecule has 0 spiro atoms. The van der Waals surface area contributed by atoms with Crippen molar-refractivity contribution in [2.45, 2.75) is 26.2 Å². The summed E-state index contributed by atoms with van der Waals surface area (Å²) in [4.78, 5) is 0. The van der Waals surface area contributed by atoms with E-state index in [1.165, 1.54) is 0 Å². The van der Waals surface area contributed by atoms with Gasteiger partial charge in [-0.1, -0.05) is 6.92 Å². The van der Waals surface area contributed by atoms with Crippen LogP contribution >= 0.6 is 0 Å². The molecule has 90 valence electrons. The molecule has 0 saturated heterocycles. The summed E-state index contributed by atoms with van der Waals surface area (Å²) in [6.45, 7) is 4.03. The fourth-order valence-electron chi connectivity index (χ4n) is 1.36. The molecule has 1 aromatic carbocycles. The summed E-state index contributed by atoms with van der Waals surface area (Å²) >= 11 is 0.